The van der Waals surface area contributed by atoms with Crippen LogP contribution in [0.3, 0.4) is 0 Å². The predicted octanol–water partition coefficient (Wildman–Crippen LogP) is 0.709. The fraction of sp³-hybridized carbons (Fsp3) is 0.385. The molecule has 0 atom stereocenters. The van der Waals surface area contributed by atoms with Crippen LogP contribution in [0.5, 0.6) is 0 Å². The lowest BCUT2D eigenvalue weighted by Gasteiger charge is -2.16. The second kappa shape index (κ2) is 7.19. The van der Waals surface area contributed by atoms with Crippen molar-refractivity contribution in [3.8, 4) is 0 Å². The minimum absolute atomic E-state index is 0.0236. The Bertz CT molecular complexity index is 608. The van der Waals surface area contributed by atoms with Crippen LogP contribution >= 0.6 is 0 Å². The number of sulfonamides is 1. The number of methoxy groups -OCH3 is 1. The van der Waals surface area contributed by atoms with Gasteiger partial charge in [-0.05, 0) is 17.7 Å². The first-order valence-electron chi connectivity index (χ1n) is 6.09. The van der Waals surface area contributed by atoms with E-state index in [0.717, 1.165) is 4.31 Å². The van der Waals surface area contributed by atoms with E-state index in [9.17, 15) is 18.0 Å². The van der Waals surface area contributed by atoms with E-state index < -0.39 is 22.0 Å². The molecule has 1 rings (SSSR count). The van der Waals surface area contributed by atoms with Gasteiger partial charge in [0.05, 0.1) is 24.8 Å². The molecule has 0 amide bonds. The monoisotopic (exact) mass is 315 g/mol. The third-order valence-corrected chi connectivity index (χ3v) is 4.71. The van der Waals surface area contributed by atoms with E-state index in [1.54, 1.807) is 0 Å². The summed E-state index contributed by atoms with van der Waals surface area (Å²) < 4.78 is 29.7. The fourth-order valence-electron chi connectivity index (χ4n) is 1.55. The molecule has 0 spiro atoms. The summed E-state index contributed by atoms with van der Waals surface area (Å²) in [5.74, 6) is -1.81. The highest BCUT2D eigenvalue weighted by Crippen LogP contribution is 2.11. The number of esters is 1. The van der Waals surface area contributed by atoms with Crippen LogP contribution in [0.25, 0.3) is 0 Å². The maximum Gasteiger partial charge on any atom is 0.335 e. The predicted molar refractivity (Wildman–Crippen MR) is 75.3 cm³/mol. The third kappa shape index (κ3) is 5.16. The molecule has 0 aliphatic carbocycles. The number of carbonyl (C=O) groups is 2. The SMILES string of the molecule is COC(=O)CCN(C)S(=O)(=O)Cc1ccc(C(=O)O)cc1. The van der Waals surface area contributed by atoms with Crippen LogP contribution in [0.15, 0.2) is 24.3 Å². The van der Waals surface area contributed by atoms with E-state index in [-0.39, 0.29) is 24.3 Å². The molecule has 8 heteroatoms. The molecule has 0 heterocycles. The lowest BCUT2D eigenvalue weighted by Crippen LogP contribution is -2.30. The smallest absolute Gasteiger partial charge is 0.335 e. The maximum atomic E-state index is 12.1. The number of hydrogen-bond donors (Lipinski definition) is 1. The van der Waals surface area contributed by atoms with Crippen molar-refractivity contribution >= 4 is 22.0 Å². The van der Waals surface area contributed by atoms with Crippen molar-refractivity contribution in [3.63, 3.8) is 0 Å². The molecule has 0 fully saturated rings. The quantitative estimate of drug-likeness (QED) is 0.744. The molecule has 0 bridgehead atoms. The highest BCUT2D eigenvalue weighted by molar-refractivity contribution is 7.88. The number of carboxylic acid groups (broad SMARTS) is 1. The molecule has 1 N–H and O–H groups in total. The zero-order valence-corrected chi connectivity index (χ0v) is 12.6. The van der Waals surface area contributed by atoms with E-state index in [4.69, 9.17) is 5.11 Å². The molecule has 0 saturated carbocycles. The van der Waals surface area contributed by atoms with E-state index in [1.807, 2.05) is 0 Å². The molecule has 1 aromatic rings. The number of ether oxygens (including phenoxy) is 1. The van der Waals surface area contributed by atoms with Crippen LogP contribution in [0.2, 0.25) is 0 Å². The van der Waals surface area contributed by atoms with Gasteiger partial charge in [0, 0.05) is 13.6 Å². The van der Waals surface area contributed by atoms with Gasteiger partial charge in [-0.1, -0.05) is 12.1 Å². The molecule has 7 nitrogen and oxygen atoms in total. The van der Waals surface area contributed by atoms with E-state index in [1.165, 1.54) is 38.4 Å². The van der Waals surface area contributed by atoms with Crippen LogP contribution in [-0.4, -0.2) is 50.5 Å². The topological polar surface area (TPSA) is 101 Å². The summed E-state index contributed by atoms with van der Waals surface area (Å²) in [5, 5.41) is 8.77. The van der Waals surface area contributed by atoms with Crippen LogP contribution < -0.4 is 0 Å². The highest BCUT2D eigenvalue weighted by atomic mass is 32.2. The Balaban J connectivity index is 2.70. The largest absolute Gasteiger partial charge is 0.478 e. The number of hydrogen-bond acceptors (Lipinski definition) is 5. The molecule has 0 aromatic heterocycles. The van der Waals surface area contributed by atoms with Crippen molar-refractivity contribution in [1.29, 1.82) is 0 Å². The molecule has 0 aliphatic heterocycles. The third-order valence-electron chi connectivity index (χ3n) is 2.88. The number of carbonyl (C=O) groups excluding carboxylic acids is 1. The molecule has 116 valence electrons. The molecule has 0 radical (unpaired) electrons. The summed E-state index contributed by atoms with van der Waals surface area (Å²) in [6, 6.07) is 5.60. The van der Waals surface area contributed by atoms with Crippen LogP contribution in [0.1, 0.15) is 22.3 Å². The van der Waals surface area contributed by atoms with Gasteiger partial charge in [-0.2, -0.15) is 0 Å². The van der Waals surface area contributed by atoms with E-state index in [2.05, 4.69) is 4.74 Å². The maximum absolute atomic E-state index is 12.1. The minimum Gasteiger partial charge on any atom is -0.478 e. The van der Waals surface area contributed by atoms with Gasteiger partial charge in [0.1, 0.15) is 0 Å². The van der Waals surface area contributed by atoms with Crippen molar-refractivity contribution in [1.82, 2.24) is 4.31 Å². The average molecular weight is 315 g/mol. The number of carboxylic acids is 1. The number of benzene rings is 1. The summed E-state index contributed by atoms with van der Waals surface area (Å²) in [5.41, 5.74) is 0.570. The Labute approximate surface area is 123 Å². The van der Waals surface area contributed by atoms with Crippen molar-refractivity contribution in [2.75, 3.05) is 20.7 Å². The zero-order chi connectivity index (χ0) is 16.0. The molecule has 21 heavy (non-hydrogen) atoms. The Morgan fingerprint density at radius 3 is 2.29 bits per heavy atom. The van der Waals surface area contributed by atoms with Gasteiger partial charge < -0.3 is 9.84 Å². The van der Waals surface area contributed by atoms with Crippen LogP contribution in [0, 0.1) is 0 Å². The summed E-state index contributed by atoms with van der Waals surface area (Å²) >= 11 is 0. The summed E-state index contributed by atoms with van der Waals surface area (Å²) in [6.07, 6.45) is -0.0236. The second-order valence-corrected chi connectivity index (χ2v) is 6.48. The highest BCUT2D eigenvalue weighted by Gasteiger charge is 2.19. The Morgan fingerprint density at radius 1 is 1.24 bits per heavy atom. The summed E-state index contributed by atoms with van der Waals surface area (Å²) in [6.45, 7) is 0.0300. The molecule has 0 unspecified atom stereocenters. The summed E-state index contributed by atoms with van der Waals surface area (Å²) in [4.78, 5) is 21.7. The first-order valence-corrected chi connectivity index (χ1v) is 7.70. The van der Waals surface area contributed by atoms with Crippen molar-refractivity contribution in [2.24, 2.45) is 0 Å². The van der Waals surface area contributed by atoms with Crippen molar-refractivity contribution in [2.45, 2.75) is 12.2 Å². The second-order valence-electron chi connectivity index (χ2n) is 4.41. The molecule has 0 saturated heterocycles. The van der Waals surface area contributed by atoms with Gasteiger partial charge in [-0.3, -0.25) is 4.79 Å². The van der Waals surface area contributed by atoms with Crippen molar-refractivity contribution < 1.29 is 27.9 Å². The lowest BCUT2D eigenvalue weighted by molar-refractivity contribution is -0.140. The fourth-order valence-corrected chi connectivity index (χ4v) is 2.76. The van der Waals surface area contributed by atoms with Gasteiger partial charge in [-0.15, -0.1) is 0 Å². The first-order chi connectivity index (χ1) is 9.76. The van der Waals surface area contributed by atoms with Crippen LogP contribution in [0.4, 0.5) is 0 Å². The standard InChI is InChI=1S/C13H17NO6S/c1-14(8-7-12(15)20-2)21(18,19)9-10-3-5-11(6-4-10)13(16)17/h3-6H,7-9H2,1-2H3,(H,16,17). The minimum atomic E-state index is -3.57. The molecule has 0 aliphatic rings. The number of rotatable bonds is 7. The van der Waals surface area contributed by atoms with E-state index >= 15 is 0 Å². The summed E-state index contributed by atoms with van der Waals surface area (Å²) in [7, 11) is -0.956. The Hall–Kier alpha value is -1.93. The van der Waals surface area contributed by atoms with Gasteiger partial charge >= 0.3 is 11.9 Å². The first kappa shape index (κ1) is 17.1. The van der Waals surface area contributed by atoms with Gasteiger partial charge in [0.25, 0.3) is 0 Å². The zero-order valence-electron chi connectivity index (χ0n) is 11.8. The van der Waals surface area contributed by atoms with Gasteiger partial charge in [-0.25, -0.2) is 17.5 Å². The molecule has 1 aromatic carbocycles. The van der Waals surface area contributed by atoms with Crippen molar-refractivity contribution in [3.05, 3.63) is 35.4 Å². The average Bonchev–Trinajstić information content (AvgIpc) is 2.44. The lowest BCUT2D eigenvalue weighted by atomic mass is 10.1. The molecular weight excluding hydrogens is 298 g/mol. The van der Waals surface area contributed by atoms with E-state index in [0.29, 0.717) is 5.56 Å². The Morgan fingerprint density at radius 2 is 1.81 bits per heavy atom. The number of aromatic carboxylic acids is 1. The normalized spacial score (nSPS) is 11.4. The van der Waals surface area contributed by atoms with Crippen LogP contribution in [-0.2, 0) is 25.3 Å². The molecular formula is C13H17NO6S. The van der Waals surface area contributed by atoms with Gasteiger partial charge in [0.2, 0.25) is 10.0 Å². The van der Waals surface area contributed by atoms with Gasteiger partial charge in [0.15, 0.2) is 0 Å². The number of nitrogens with zero attached hydrogens (tertiary/aromatic N) is 1. The Kier molecular flexibility index (Phi) is 5.86.